The average molecular weight is 301 g/mol. The molecule has 7 nitrogen and oxygen atoms in total. The fourth-order valence-electron chi connectivity index (χ4n) is 1.55. The van der Waals surface area contributed by atoms with Crippen LogP contribution < -0.4 is 0 Å². The molecule has 1 atom stereocenters. The van der Waals surface area contributed by atoms with Crippen LogP contribution in [0.15, 0.2) is 12.2 Å². The number of carbonyl (C=O) groups is 3. The van der Waals surface area contributed by atoms with Gasteiger partial charge in [0.15, 0.2) is 0 Å². The minimum Gasteiger partial charge on any atom is -0.466 e. The fourth-order valence-corrected chi connectivity index (χ4v) is 1.55. The van der Waals surface area contributed by atoms with Crippen molar-refractivity contribution in [3.8, 4) is 0 Å². The smallest absolute Gasteiger partial charge is 0.331 e. The van der Waals surface area contributed by atoms with Crippen LogP contribution in [0.5, 0.6) is 0 Å². The minimum absolute atomic E-state index is 0.275. The van der Waals surface area contributed by atoms with Crippen LogP contribution in [0.4, 0.5) is 0 Å². The predicted octanol–water partition coefficient (Wildman–Crippen LogP) is 0.126. The Morgan fingerprint density at radius 2 is 1.67 bits per heavy atom. The lowest BCUT2D eigenvalue weighted by molar-refractivity contribution is -0.153. The van der Waals surface area contributed by atoms with E-state index in [1.165, 1.54) is 14.0 Å². The van der Waals surface area contributed by atoms with Crippen LogP contribution in [-0.2, 0) is 23.9 Å². The minimum atomic E-state index is -1.21. The van der Waals surface area contributed by atoms with Gasteiger partial charge in [0.2, 0.25) is 5.91 Å². The molecule has 1 unspecified atom stereocenters. The summed E-state index contributed by atoms with van der Waals surface area (Å²) in [5, 5.41) is 9.43. The van der Waals surface area contributed by atoms with Crippen molar-refractivity contribution in [2.24, 2.45) is 5.41 Å². The van der Waals surface area contributed by atoms with E-state index in [0.717, 1.165) is 12.2 Å². The summed E-state index contributed by atoms with van der Waals surface area (Å²) in [6.45, 7) is 5.45. The number of methoxy groups -OCH3 is 1. The molecule has 0 aromatic rings. The molecule has 0 aliphatic carbocycles. The monoisotopic (exact) mass is 301 g/mol. The van der Waals surface area contributed by atoms with Crippen molar-refractivity contribution in [3.63, 3.8) is 0 Å². The average Bonchev–Trinajstić information content (AvgIpc) is 2.51. The van der Waals surface area contributed by atoms with E-state index < -0.39 is 24.0 Å². The maximum Gasteiger partial charge on any atom is 0.331 e. The zero-order valence-electron chi connectivity index (χ0n) is 12.9. The van der Waals surface area contributed by atoms with Gasteiger partial charge >= 0.3 is 11.9 Å². The number of hydrogen-bond donors (Lipinski definition) is 1. The first-order valence-electron chi connectivity index (χ1n) is 6.67. The van der Waals surface area contributed by atoms with Crippen LogP contribution in [0.2, 0.25) is 0 Å². The molecule has 7 heteroatoms. The normalized spacial score (nSPS) is 13.6. The van der Waals surface area contributed by atoms with Crippen LogP contribution in [0, 0.1) is 5.41 Å². The topological polar surface area (TPSA) is 93.1 Å². The second kappa shape index (κ2) is 9.12. The molecule has 0 saturated carbocycles. The maximum absolute atomic E-state index is 12.3. The molecule has 0 heterocycles. The Morgan fingerprint density at radius 1 is 1.14 bits per heavy atom. The van der Waals surface area contributed by atoms with Gasteiger partial charge in [-0.1, -0.05) is 0 Å². The molecule has 0 radical (unpaired) electrons. The van der Waals surface area contributed by atoms with Gasteiger partial charge < -0.3 is 19.5 Å². The van der Waals surface area contributed by atoms with E-state index in [4.69, 9.17) is 4.74 Å². The molecule has 0 aromatic heterocycles. The summed E-state index contributed by atoms with van der Waals surface area (Å²) in [6, 6.07) is 0. The van der Waals surface area contributed by atoms with E-state index in [-0.39, 0.29) is 12.5 Å². The Balaban J connectivity index is 4.69. The Bertz CT molecular complexity index is 402. The molecule has 0 rings (SSSR count). The highest BCUT2D eigenvalue weighted by atomic mass is 16.5. The first kappa shape index (κ1) is 19.1. The molecule has 0 aliphatic rings. The quantitative estimate of drug-likeness (QED) is 0.506. The zero-order valence-corrected chi connectivity index (χ0v) is 12.9. The van der Waals surface area contributed by atoms with E-state index >= 15 is 0 Å². The second-order valence-corrected chi connectivity index (χ2v) is 4.66. The molecule has 0 aromatic carbocycles. The number of carbonyl (C=O) groups excluding carboxylic acids is 3. The largest absolute Gasteiger partial charge is 0.466 e. The van der Waals surface area contributed by atoms with Crippen molar-refractivity contribution in [1.82, 2.24) is 4.90 Å². The van der Waals surface area contributed by atoms with Crippen molar-refractivity contribution in [3.05, 3.63) is 12.2 Å². The third-order valence-corrected chi connectivity index (χ3v) is 3.01. The molecule has 120 valence electrons. The van der Waals surface area contributed by atoms with Crippen molar-refractivity contribution in [2.75, 3.05) is 33.4 Å². The van der Waals surface area contributed by atoms with Crippen LogP contribution >= 0.6 is 0 Å². The van der Waals surface area contributed by atoms with Crippen LogP contribution in [0.1, 0.15) is 20.8 Å². The summed E-state index contributed by atoms with van der Waals surface area (Å²) in [4.78, 5) is 36.1. The Labute approximate surface area is 124 Å². The van der Waals surface area contributed by atoms with Crippen LogP contribution in [0.25, 0.3) is 0 Å². The molecular formula is C14H23NO6. The van der Waals surface area contributed by atoms with Crippen molar-refractivity contribution >= 4 is 17.8 Å². The van der Waals surface area contributed by atoms with Gasteiger partial charge in [-0.05, 0) is 20.8 Å². The third kappa shape index (κ3) is 5.95. The molecule has 1 amide bonds. The molecule has 0 fully saturated rings. The van der Waals surface area contributed by atoms with Gasteiger partial charge in [-0.2, -0.15) is 0 Å². The van der Waals surface area contributed by atoms with Gasteiger partial charge in [-0.25, -0.2) is 9.59 Å². The van der Waals surface area contributed by atoms with Gasteiger partial charge in [0, 0.05) is 25.2 Å². The van der Waals surface area contributed by atoms with Crippen LogP contribution in [0.3, 0.4) is 0 Å². The first-order chi connectivity index (χ1) is 9.84. The van der Waals surface area contributed by atoms with Gasteiger partial charge in [0.05, 0.1) is 13.7 Å². The SMILES string of the molecule is CCN(CC)C(=O)C(C)(CO)COC(=O)/C=C/C(=O)OC. The number of amides is 1. The maximum atomic E-state index is 12.3. The van der Waals surface area contributed by atoms with Gasteiger partial charge in [0.25, 0.3) is 0 Å². The summed E-state index contributed by atoms with van der Waals surface area (Å²) < 4.78 is 9.24. The summed E-state index contributed by atoms with van der Waals surface area (Å²) >= 11 is 0. The predicted molar refractivity (Wildman–Crippen MR) is 75.2 cm³/mol. The Hall–Kier alpha value is -1.89. The fraction of sp³-hybridized carbons (Fsp3) is 0.643. The number of aliphatic hydroxyl groups is 1. The molecule has 0 bridgehead atoms. The van der Waals surface area contributed by atoms with Gasteiger partial charge in [-0.3, -0.25) is 4.79 Å². The molecule has 1 N–H and O–H groups in total. The van der Waals surface area contributed by atoms with Gasteiger partial charge in [0.1, 0.15) is 12.0 Å². The highest BCUT2D eigenvalue weighted by molar-refractivity contribution is 5.91. The van der Waals surface area contributed by atoms with Crippen molar-refractivity contribution in [2.45, 2.75) is 20.8 Å². The number of rotatable bonds is 8. The first-order valence-corrected chi connectivity index (χ1v) is 6.67. The van der Waals surface area contributed by atoms with E-state index in [9.17, 15) is 19.5 Å². The summed E-state index contributed by atoms with van der Waals surface area (Å²) in [7, 11) is 1.18. The molecule has 0 saturated heterocycles. The summed E-state index contributed by atoms with van der Waals surface area (Å²) in [5.41, 5.74) is -1.21. The second-order valence-electron chi connectivity index (χ2n) is 4.66. The standard InChI is InChI=1S/C14H23NO6/c1-5-15(6-2)13(19)14(3,9-16)10-21-12(18)8-7-11(17)20-4/h7-8,16H,5-6,9-10H2,1-4H3/b8-7+. The number of ether oxygens (including phenoxy) is 2. The van der Waals surface area contributed by atoms with E-state index in [0.29, 0.717) is 13.1 Å². The summed E-state index contributed by atoms with van der Waals surface area (Å²) in [5.74, 6) is -1.76. The van der Waals surface area contributed by atoms with E-state index in [1.54, 1.807) is 4.90 Å². The molecular weight excluding hydrogens is 278 g/mol. The molecule has 0 spiro atoms. The van der Waals surface area contributed by atoms with Crippen molar-refractivity contribution < 1.29 is 29.0 Å². The number of hydrogen-bond acceptors (Lipinski definition) is 6. The highest BCUT2D eigenvalue weighted by Crippen LogP contribution is 2.20. The zero-order chi connectivity index (χ0) is 16.5. The number of nitrogens with zero attached hydrogens (tertiary/aromatic N) is 1. The van der Waals surface area contributed by atoms with E-state index in [2.05, 4.69) is 4.74 Å². The van der Waals surface area contributed by atoms with E-state index in [1.807, 2.05) is 13.8 Å². The lowest BCUT2D eigenvalue weighted by atomic mass is 9.91. The summed E-state index contributed by atoms with van der Waals surface area (Å²) in [6.07, 6.45) is 1.83. The molecule has 21 heavy (non-hydrogen) atoms. The Morgan fingerprint density at radius 3 is 2.10 bits per heavy atom. The van der Waals surface area contributed by atoms with Gasteiger partial charge in [-0.15, -0.1) is 0 Å². The number of aliphatic hydroxyl groups excluding tert-OH is 1. The lowest BCUT2D eigenvalue weighted by Crippen LogP contribution is -2.47. The molecule has 0 aliphatic heterocycles. The Kier molecular flexibility index (Phi) is 8.30. The number of esters is 2. The third-order valence-electron chi connectivity index (χ3n) is 3.01. The van der Waals surface area contributed by atoms with Crippen LogP contribution in [-0.4, -0.2) is 61.3 Å². The van der Waals surface area contributed by atoms with Crippen molar-refractivity contribution in [1.29, 1.82) is 0 Å². The lowest BCUT2D eigenvalue weighted by Gasteiger charge is -2.31. The highest BCUT2D eigenvalue weighted by Gasteiger charge is 2.36.